The molecule has 0 unspecified atom stereocenters. The number of hydrogen-bond donors (Lipinski definition) is 1. The van der Waals surface area contributed by atoms with E-state index in [4.69, 9.17) is 5.11 Å². The summed E-state index contributed by atoms with van der Waals surface area (Å²) >= 11 is 0.780. The number of carbonyl (C=O) groups excluding carboxylic acids is 1. The van der Waals surface area contributed by atoms with Gasteiger partial charge >= 0.3 is 11.0 Å². The Morgan fingerprint density at radius 2 is 2.05 bits per heavy atom. The fourth-order valence-electron chi connectivity index (χ4n) is 2.41. The van der Waals surface area contributed by atoms with Crippen LogP contribution in [0.25, 0.3) is 0 Å². The number of nitrogens with zero attached hydrogens (tertiary/aromatic N) is 2. The number of aliphatic carboxylic acids is 1. The summed E-state index contributed by atoms with van der Waals surface area (Å²) in [5.74, 6) is -1.51. The van der Waals surface area contributed by atoms with E-state index in [0.717, 1.165) is 37.0 Å². The molecule has 0 spiro atoms. The molecule has 1 aromatic heterocycles. The van der Waals surface area contributed by atoms with Gasteiger partial charge in [-0.1, -0.05) is 24.2 Å². The number of thiophene rings is 1. The monoisotopic (exact) mass is 298 g/mol. The number of carboxylic acids is 1. The molecule has 1 aromatic rings. The molecule has 1 heterocycles. The van der Waals surface area contributed by atoms with Gasteiger partial charge in [0.05, 0.1) is 9.80 Å². The van der Waals surface area contributed by atoms with Crippen LogP contribution < -0.4 is 0 Å². The predicted octanol–water partition coefficient (Wildman–Crippen LogP) is 2.13. The second-order valence-corrected chi connectivity index (χ2v) is 5.72. The number of rotatable bonds is 5. The van der Waals surface area contributed by atoms with Gasteiger partial charge in [0.15, 0.2) is 0 Å². The molecule has 108 valence electrons. The molecule has 20 heavy (non-hydrogen) atoms. The zero-order valence-electron chi connectivity index (χ0n) is 10.7. The van der Waals surface area contributed by atoms with Gasteiger partial charge in [0.25, 0.3) is 5.91 Å². The summed E-state index contributed by atoms with van der Waals surface area (Å²) < 4.78 is 0. The Kier molecular flexibility index (Phi) is 4.33. The van der Waals surface area contributed by atoms with Gasteiger partial charge in [-0.25, -0.2) is 0 Å². The van der Waals surface area contributed by atoms with Gasteiger partial charge in [-0.2, -0.15) is 0 Å². The standard InChI is InChI=1S/C12H14N2O5S/c15-11(16)7-13(8-3-1-2-4-8)12(17)9-5-6-10(20-9)14(18)19/h5-6,8H,1-4,7H2,(H,15,16). The highest BCUT2D eigenvalue weighted by Crippen LogP contribution is 2.29. The molecule has 2 rings (SSSR count). The Hall–Kier alpha value is -1.96. The maximum Gasteiger partial charge on any atom is 0.324 e. The average molecular weight is 298 g/mol. The molecule has 0 saturated heterocycles. The summed E-state index contributed by atoms with van der Waals surface area (Å²) in [5, 5.41) is 19.5. The SMILES string of the molecule is O=C(O)CN(C(=O)c1ccc([N+](=O)[O-])s1)C1CCCC1. The van der Waals surface area contributed by atoms with Gasteiger partial charge in [0.1, 0.15) is 6.54 Å². The Labute approximate surface area is 119 Å². The first-order valence-electron chi connectivity index (χ1n) is 6.26. The third-order valence-electron chi connectivity index (χ3n) is 3.31. The molecule has 0 bridgehead atoms. The maximum atomic E-state index is 12.4. The first-order valence-corrected chi connectivity index (χ1v) is 7.07. The predicted molar refractivity (Wildman–Crippen MR) is 71.9 cm³/mol. The minimum Gasteiger partial charge on any atom is -0.480 e. The zero-order chi connectivity index (χ0) is 14.7. The minimum absolute atomic E-state index is 0.0836. The molecular weight excluding hydrogens is 284 g/mol. The van der Waals surface area contributed by atoms with Crippen molar-refractivity contribution in [3.63, 3.8) is 0 Å². The smallest absolute Gasteiger partial charge is 0.324 e. The van der Waals surface area contributed by atoms with Crippen molar-refractivity contribution < 1.29 is 19.6 Å². The highest BCUT2D eigenvalue weighted by atomic mass is 32.1. The molecule has 0 aromatic carbocycles. The molecule has 0 aliphatic heterocycles. The van der Waals surface area contributed by atoms with Crippen LogP contribution in [0.3, 0.4) is 0 Å². The quantitative estimate of drug-likeness (QED) is 0.663. The van der Waals surface area contributed by atoms with Crippen molar-refractivity contribution in [3.8, 4) is 0 Å². The first kappa shape index (κ1) is 14.4. The van der Waals surface area contributed by atoms with Crippen LogP contribution in [0.15, 0.2) is 12.1 Å². The molecular formula is C12H14N2O5S. The van der Waals surface area contributed by atoms with Crippen molar-refractivity contribution in [1.29, 1.82) is 0 Å². The highest BCUT2D eigenvalue weighted by Gasteiger charge is 2.30. The average Bonchev–Trinajstić information content (AvgIpc) is 3.05. The van der Waals surface area contributed by atoms with Gasteiger partial charge < -0.3 is 10.0 Å². The van der Waals surface area contributed by atoms with Crippen LogP contribution in [0.2, 0.25) is 0 Å². The van der Waals surface area contributed by atoms with E-state index in [1.165, 1.54) is 17.0 Å². The number of amides is 1. The van der Waals surface area contributed by atoms with E-state index >= 15 is 0 Å². The van der Waals surface area contributed by atoms with Gasteiger partial charge in [-0.3, -0.25) is 19.7 Å². The van der Waals surface area contributed by atoms with Crippen LogP contribution in [0.4, 0.5) is 5.00 Å². The van der Waals surface area contributed by atoms with Crippen molar-refractivity contribution in [2.75, 3.05) is 6.54 Å². The number of hydrogen-bond acceptors (Lipinski definition) is 5. The molecule has 0 radical (unpaired) electrons. The summed E-state index contributed by atoms with van der Waals surface area (Å²) in [6.07, 6.45) is 3.51. The Bertz CT molecular complexity index is 536. The lowest BCUT2D eigenvalue weighted by Gasteiger charge is -2.26. The summed E-state index contributed by atoms with van der Waals surface area (Å²) in [6, 6.07) is 2.57. The van der Waals surface area contributed by atoms with Crippen LogP contribution in [-0.2, 0) is 4.79 Å². The summed E-state index contributed by atoms with van der Waals surface area (Å²) in [6.45, 7) is -0.366. The van der Waals surface area contributed by atoms with Gasteiger partial charge in [0, 0.05) is 12.1 Å². The largest absolute Gasteiger partial charge is 0.480 e. The normalized spacial score (nSPS) is 15.2. The fraction of sp³-hybridized carbons (Fsp3) is 0.500. The van der Waals surface area contributed by atoms with Crippen molar-refractivity contribution in [2.45, 2.75) is 31.7 Å². The molecule has 1 aliphatic rings. The van der Waals surface area contributed by atoms with E-state index in [1.54, 1.807) is 0 Å². The number of carboxylic acid groups (broad SMARTS) is 1. The van der Waals surface area contributed by atoms with E-state index in [-0.39, 0.29) is 22.5 Å². The van der Waals surface area contributed by atoms with Crippen LogP contribution in [0, 0.1) is 10.1 Å². The van der Waals surface area contributed by atoms with E-state index in [9.17, 15) is 19.7 Å². The number of carbonyl (C=O) groups is 2. The minimum atomic E-state index is -1.07. The van der Waals surface area contributed by atoms with Crippen LogP contribution in [0.5, 0.6) is 0 Å². The van der Waals surface area contributed by atoms with Crippen molar-refractivity contribution in [3.05, 3.63) is 27.1 Å². The van der Waals surface area contributed by atoms with Crippen LogP contribution in [-0.4, -0.2) is 39.4 Å². The highest BCUT2D eigenvalue weighted by molar-refractivity contribution is 7.17. The third kappa shape index (κ3) is 3.13. The van der Waals surface area contributed by atoms with Crippen molar-refractivity contribution >= 4 is 28.2 Å². The topological polar surface area (TPSA) is 101 Å². The van der Waals surface area contributed by atoms with Crippen LogP contribution >= 0.6 is 11.3 Å². The van der Waals surface area contributed by atoms with E-state index in [1.807, 2.05) is 0 Å². The zero-order valence-corrected chi connectivity index (χ0v) is 11.5. The lowest BCUT2D eigenvalue weighted by atomic mass is 10.2. The van der Waals surface area contributed by atoms with Gasteiger partial charge in [-0.05, 0) is 18.9 Å². The molecule has 1 aliphatic carbocycles. The molecule has 8 heteroatoms. The summed E-state index contributed by atoms with van der Waals surface area (Å²) in [5.41, 5.74) is 0. The molecule has 0 atom stereocenters. The second-order valence-electron chi connectivity index (χ2n) is 4.66. The van der Waals surface area contributed by atoms with Gasteiger partial charge in [-0.15, -0.1) is 0 Å². The number of nitro groups is 1. The van der Waals surface area contributed by atoms with Crippen molar-refractivity contribution in [2.24, 2.45) is 0 Å². The van der Waals surface area contributed by atoms with E-state index in [2.05, 4.69) is 0 Å². The Morgan fingerprint density at radius 1 is 1.40 bits per heavy atom. The van der Waals surface area contributed by atoms with Crippen LogP contribution in [0.1, 0.15) is 35.4 Å². The third-order valence-corrected chi connectivity index (χ3v) is 4.34. The van der Waals surface area contributed by atoms with E-state index in [0.29, 0.717) is 0 Å². The van der Waals surface area contributed by atoms with Gasteiger partial charge in [0.2, 0.25) is 0 Å². The lowest BCUT2D eigenvalue weighted by molar-refractivity contribution is -0.380. The molecule has 7 nitrogen and oxygen atoms in total. The lowest BCUT2D eigenvalue weighted by Crippen LogP contribution is -2.41. The summed E-state index contributed by atoms with van der Waals surface area (Å²) in [7, 11) is 0. The molecule has 1 fully saturated rings. The van der Waals surface area contributed by atoms with Crippen molar-refractivity contribution in [1.82, 2.24) is 4.90 Å². The Morgan fingerprint density at radius 3 is 2.55 bits per heavy atom. The Balaban J connectivity index is 2.19. The second kappa shape index (κ2) is 6.00. The maximum absolute atomic E-state index is 12.4. The molecule has 1 amide bonds. The molecule has 1 N–H and O–H groups in total. The first-order chi connectivity index (χ1) is 9.49. The molecule has 1 saturated carbocycles. The summed E-state index contributed by atoms with van der Waals surface area (Å²) in [4.78, 5) is 34.9. The fourth-order valence-corrected chi connectivity index (χ4v) is 3.19. The van der Waals surface area contributed by atoms with E-state index < -0.39 is 16.8 Å².